The lowest BCUT2D eigenvalue weighted by Gasteiger charge is -2.28. The van der Waals surface area contributed by atoms with Crippen LogP contribution in [-0.4, -0.2) is 17.7 Å². The number of hydrogen-bond acceptors (Lipinski definition) is 3. The van der Waals surface area contributed by atoms with E-state index in [2.05, 4.69) is 5.32 Å². The van der Waals surface area contributed by atoms with Crippen molar-refractivity contribution < 1.29 is 19.0 Å². The number of aliphatic hydroxyl groups is 1. The molecule has 0 spiro atoms. The zero-order valence-corrected chi connectivity index (χ0v) is 13.9. The van der Waals surface area contributed by atoms with E-state index in [4.69, 9.17) is 4.74 Å². The topological polar surface area (TPSA) is 58.6 Å². The van der Waals surface area contributed by atoms with Crippen LogP contribution in [-0.2, 0) is 5.60 Å². The molecule has 24 heavy (non-hydrogen) atoms. The van der Waals surface area contributed by atoms with Crippen LogP contribution < -0.4 is 10.1 Å². The highest BCUT2D eigenvalue weighted by atomic mass is 19.1. The molecule has 5 heteroatoms. The van der Waals surface area contributed by atoms with Gasteiger partial charge in [-0.25, -0.2) is 9.18 Å². The van der Waals surface area contributed by atoms with Crippen LogP contribution in [0.2, 0.25) is 0 Å². The summed E-state index contributed by atoms with van der Waals surface area (Å²) in [4.78, 5) is 11.5. The van der Waals surface area contributed by atoms with Gasteiger partial charge in [-0.2, -0.15) is 0 Å². The van der Waals surface area contributed by atoms with Crippen LogP contribution in [0.15, 0.2) is 48.5 Å². The van der Waals surface area contributed by atoms with Crippen LogP contribution in [0.5, 0.6) is 5.75 Å². The van der Waals surface area contributed by atoms with Crippen LogP contribution in [0.1, 0.15) is 37.8 Å². The molecular formula is C19H22FNO3. The van der Waals surface area contributed by atoms with Gasteiger partial charge in [0, 0.05) is 6.54 Å². The Balaban J connectivity index is 2.18. The number of carbonyl (C=O) groups is 1. The molecule has 2 aromatic carbocycles. The van der Waals surface area contributed by atoms with E-state index in [-0.39, 0.29) is 5.82 Å². The maximum Gasteiger partial charge on any atom is 0.412 e. The molecule has 1 atom stereocenters. The van der Waals surface area contributed by atoms with Crippen molar-refractivity contribution >= 4 is 6.09 Å². The predicted molar refractivity (Wildman–Crippen MR) is 90.4 cm³/mol. The maximum atomic E-state index is 13.1. The highest BCUT2D eigenvalue weighted by Crippen LogP contribution is 2.33. The number of benzene rings is 2. The van der Waals surface area contributed by atoms with Crippen molar-refractivity contribution in [3.8, 4) is 5.75 Å². The minimum absolute atomic E-state index is 0.348. The summed E-state index contributed by atoms with van der Waals surface area (Å²) in [6, 6.07) is 12.5. The molecule has 0 bridgehead atoms. The highest BCUT2D eigenvalue weighted by molar-refractivity contribution is 5.70. The maximum absolute atomic E-state index is 13.1. The van der Waals surface area contributed by atoms with E-state index in [1.165, 1.54) is 12.1 Å². The largest absolute Gasteiger partial charge is 0.412 e. The first-order valence-corrected chi connectivity index (χ1v) is 8.04. The van der Waals surface area contributed by atoms with Gasteiger partial charge in [0.05, 0.1) is 0 Å². The summed E-state index contributed by atoms with van der Waals surface area (Å²) in [5.41, 5.74) is 0.0372. The van der Waals surface area contributed by atoms with Gasteiger partial charge in [0.25, 0.3) is 0 Å². The van der Waals surface area contributed by atoms with Crippen LogP contribution >= 0.6 is 0 Å². The van der Waals surface area contributed by atoms with Crippen molar-refractivity contribution in [1.29, 1.82) is 0 Å². The molecule has 0 radical (unpaired) electrons. The molecule has 0 heterocycles. The van der Waals surface area contributed by atoms with E-state index in [0.29, 0.717) is 29.8 Å². The Morgan fingerprint density at radius 1 is 1.08 bits per heavy atom. The molecule has 128 valence electrons. The van der Waals surface area contributed by atoms with E-state index in [0.717, 1.165) is 6.42 Å². The van der Waals surface area contributed by atoms with Crippen molar-refractivity contribution in [1.82, 2.24) is 5.32 Å². The number of halogens is 1. The van der Waals surface area contributed by atoms with Crippen molar-refractivity contribution in [2.24, 2.45) is 0 Å². The average molecular weight is 331 g/mol. The summed E-state index contributed by atoms with van der Waals surface area (Å²) < 4.78 is 18.3. The second-order valence-electron chi connectivity index (χ2n) is 5.56. The Labute approximate surface area is 141 Å². The van der Waals surface area contributed by atoms with Gasteiger partial charge >= 0.3 is 6.09 Å². The fourth-order valence-electron chi connectivity index (χ4n) is 2.47. The Morgan fingerprint density at radius 3 is 2.12 bits per heavy atom. The van der Waals surface area contributed by atoms with Crippen molar-refractivity contribution in [2.75, 3.05) is 6.54 Å². The second kappa shape index (κ2) is 7.93. The smallest absolute Gasteiger partial charge is 0.410 e. The van der Waals surface area contributed by atoms with Crippen LogP contribution in [0.4, 0.5) is 9.18 Å². The van der Waals surface area contributed by atoms with Crippen molar-refractivity contribution in [3.63, 3.8) is 0 Å². The Bertz CT molecular complexity index is 670. The van der Waals surface area contributed by atoms with Gasteiger partial charge in [0.1, 0.15) is 17.2 Å². The van der Waals surface area contributed by atoms with Crippen LogP contribution in [0, 0.1) is 5.82 Å². The monoisotopic (exact) mass is 331 g/mol. The van der Waals surface area contributed by atoms with Gasteiger partial charge in [0.15, 0.2) is 0 Å². The van der Waals surface area contributed by atoms with Gasteiger partial charge in [0.2, 0.25) is 0 Å². The third-order valence-corrected chi connectivity index (χ3v) is 3.90. The fraction of sp³-hybridized carbons (Fsp3) is 0.316. The molecule has 2 N–H and O–H groups in total. The van der Waals surface area contributed by atoms with E-state index in [1.807, 2.05) is 13.8 Å². The van der Waals surface area contributed by atoms with Crippen LogP contribution in [0.3, 0.4) is 0 Å². The van der Waals surface area contributed by atoms with E-state index >= 15 is 0 Å². The minimum Gasteiger partial charge on any atom is -0.410 e. The third kappa shape index (κ3) is 4.11. The summed E-state index contributed by atoms with van der Waals surface area (Å²) >= 11 is 0. The van der Waals surface area contributed by atoms with Crippen molar-refractivity contribution in [2.45, 2.75) is 32.3 Å². The predicted octanol–water partition coefficient (Wildman–Crippen LogP) is 3.97. The SMILES string of the molecule is CCCNC(=O)Oc1ccc(C(O)(CC)c2ccc(F)cc2)cc1. The average Bonchev–Trinajstić information content (AvgIpc) is 2.60. The molecular weight excluding hydrogens is 309 g/mol. The van der Waals surface area contributed by atoms with E-state index < -0.39 is 11.7 Å². The summed E-state index contributed by atoms with van der Waals surface area (Å²) in [7, 11) is 0. The summed E-state index contributed by atoms with van der Waals surface area (Å²) in [6.45, 7) is 4.36. The Morgan fingerprint density at radius 2 is 1.62 bits per heavy atom. The van der Waals surface area contributed by atoms with Crippen LogP contribution in [0.25, 0.3) is 0 Å². The summed E-state index contributed by atoms with van der Waals surface area (Å²) in [5.74, 6) is 0.0453. The van der Waals surface area contributed by atoms with Gasteiger partial charge in [-0.3, -0.25) is 0 Å². The molecule has 0 aliphatic rings. The van der Waals surface area contributed by atoms with Crippen molar-refractivity contribution in [3.05, 3.63) is 65.5 Å². The molecule has 0 saturated heterocycles. The van der Waals surface area contributed by atoms with Gasteiger partial charge in [-0.05, 0) is 48.2 Å². The first kappa shape index (κ1) is 17.9. The molecule has 0 aromatic heterocycles. The molecule has 1 amide bonds. The van der Waals surface area contributed by atoms with E-state index in [9.17, 15) is 14.3 Å². The summed E-state index contributed by atoms with van der Waals surface area (Å²) in [6.07, 6.45) is 0.749. The second-order valence-corrected chi connectivity index (χ2v) is 5.56. The van der Waals surface area contributed by atoms with Gasteiger partial charge < -0.3 is 15.2 Å². The molecule has 2 rings (SSSR count). The van der Waals surface area contributed by atoms with Gasteiger partial charge in [-0.1, -0.05) is 38.1 Å². The molecule has 1 unspecified atom stereocenters. The number of hydrogen-bond donors (Lipinski definition) is 2. The number of amides is 1. The number of rotatable bonds is 6. The standard InChI is InChI=1S/C19H22FNO3/c1-3-13-21-18(22)24-17-11-7-15(8-12-17)19(23,4-2)14-5-9-16(20)10-6-14/h5-12,23H,3-4,13H2,1-2H3,(H,21,22). The lowest BCUT2D eigenvalue weighted by Crippen LogP contribution is -2.28. The Hall–Kier alpha value is -2.40. The number of ether oxygens (including phenoxy) is 1. The normalized spacial score (nSPS) is 13.2. The first-order valence-electron chi connectivity index (χ1n) is 8.04. The highest BCUT2D eigenvalue weighted by Gasteiger charge is 2.29. The zero-order valence-electron chi connectivity index (χ0n) is 13.9. The Kier molecular flexibility index (Phi) is 5.93. The lowest BCUT2D eigenvalue weighted by molar-refractivity contribution is 0.0764. The first-order chi connectivity index (χ1) is 11.5. The minimum atomic E-state index is -1.23. The van der Waals surface area contributed by atoms with Gasteiger partial charge in [-0.15, -0.1) is 0 Å². The molecule has 2 aromatic rings. The third-order valence-electron chi connectivity index (χ3n) is 3.90. The molecule has 0 aliphatic heterocycles. The van der Waals surface area contributed by atoms with E-state index in [1.54, 1.807) is 36.4 Å². The molecule has 0 aliphatic carbocycles. The number of carbonyl (C=O) groups excluding carboxylic acids is 1. The molecule has 4 nitrogen and oxygen atoms in total. The quantitative estimate of drug-likeness (QED) is 0.842. The zero-order chi connectivity index (χ0) is 17.6. The molecule has 0 saturated carbocycles. The lowest BCUT2D eigenvalue weighted by atomic mass is 9.84. The molecule has 0 fully saturated rings. The number of nitrogens with one attached hydrogen (secondary N) is 1. The summed E-state index contributed by atoms with van der Waals surface area (Å²) in [5, 5.41) is 13.6. The fourth-order valence-corrected chi connectivity index (χ4v) is 2.47.